The second kappa shape index (κ2) is 3.86. The highest BCUT2D eigenvalue weighted by Gasteiger charge is 2.77. The van der Waals surface area contributed by atoms with Crippen molar-refractivity contribution in [2.24, 2.45) is 17.3 Å². The Morgan fingerprint density at radius 2 is 2.23 bits per heavy atom. The summed E-state index contributed by atoms with van der Waals surface area (Å²) in [6, 6.07) is 8.44. The van der Waals surface area contributed by atoms with E-state index in [0.717, 1.165) is 25.7 Å². The molecule has 3 heteroatoms. The Labute approximate surface area is 130 Å². The number of epoxide rings is 1. The Hall–Kier alpha value is -1.53. The molecule has 3 aliphatic carbocycles. The maximum atomic E-state index is 9.73. The summed E-state index contributed by atoms with van der Waals surface area (Å²) in [7, 11) is 0. The fraction of sp³-hybridized carbons (Fsp3) is 0.632. The molecular formula is C19H21NO2. The van der Waals surface area contributed by atoms with Gasteiger partial charge in [0.05, 0.1) is 0 Å². The van der Waals surface area contributed by atoms with Gasteiger partial charge in [-0.05, 0) is 73.1 Å². The Morgan fingerprint density at radius 3 is 3.05 bits per heavy atom. The van der Waals surface area contributed by atoms with Gasteiger partial charge in [-0.1, -0.05) is 13.0 Å². The molecule has 0 amide bonds. The highest BCUT2D eigenvalue weighted by Crippen LogP contribution is 2.71. The predicted molar refractivity (Wildman–Crippen MR) is 81.3 cm³/mol. The first-order valence-corrected chi connectivity index (χ1v) is 8.50. The molecule has 1 aliphatic heterocycles. The van der Waals surface area contributed by atoms with E-state index in [1.807, 2.05) is 12.1 Å². The lowest BCUT2D eigenvalue weighted by atomic mass is 9.53. The van der Waals surface area contributed by atoms with Crippen LogP contribution in [0.5, 0.6) is 5.75 Å². The number of aryl methyl sites for hydroxylation is 1. The summed E-state index contributed by atoms with van der Waals surface area (Å²) in [5, 5.41) is 19.4. The van der Waals surface area contributed by atoms with E-state index in [9.17, 15) is 10.4 Å². The fourth-order valence-electron chi connectivity index (χ4n) is 6.15. The molecule has 1 aromatic carbocycles. The van der Waals surface area contributed by atoms with E-state index in [1.54, 1.807) is 0 Å². The van der Waals surface area contributed by atoms with E-state index in [0.29, 0.717) is 23.5 Å². The van der Waals surface area contributed by atoms with E-state index in [4.69, 9.17) is 4.74 Å². The molecule has 22 heavy (non-hydrogen) atoms. The van der Waals surface area contributed by atoms with Gasteiger partial charge in [0.2, 0.25) is 0 Å². The van der Waals surface area contributed by atoms with Crippen LogP contribution in [-0.2, 0) is 11.2 Å². The van der Waals surface area contributed by atoms with Crippen LogP contribution in [0, 0.1) is 28.6 Å². The lowest BCUT2D eigenvalue weighted by molar-refractivity contribution is -0.0158. The number of hydrogen-bond acceptors (Lipinski definition) is 3. The smallest absolute Gasteiger partial charge is 0.186 e. The summed E-state index contributed by atoms with van der Waals surface area (Å²) in [5.74, 6) is 2.29. The molecule has 114 valence electrons. The molecule has 5 rings (SSSR count). The summed E-state index contributed by atoms with van der Waals surface area (Å²) in [6.45, 7) is 2.30. The maximum Gasteiger partial charge on any atom is 0.186 e. The molecule has 0 unspecified atom stereocenters. The Bertz CT molecular complexity index is 708. The molecule has 1 saturated heterocycles. The van der Waals surface area contributed by atoms with E-state index in [-0.39, 0.29) is 11.5 Å². The summed E-state index contributed by atoms with van der Waals surface area (Å²) >= 11 is 0. The number of nitrogens with zero attached hydrogens (tertiary/aromatic N) is 1. The van der Waals surface area contributed by atoms with Crippen molar-refractivity contribution in [3.63, 3.8) is 0 Å². The van der Waals surface area contributed by atoms with Gasteiger partial charge >= 0.3 is 0 Å². The molecule has 0 radical (unpaired) electrons. The third-order valence-corrected chi connectivity index (χ3v) is 7.31. The molecule has 3 fully saturated rings. The van der Waals surface area contributed by atoms with Crippen molar-refractivity contribution in [2.75, 3.05) is 0 Å². The Balaban J connectivity index is 1.54. The number of fused-ring (bicyclic) bond motifs is 7. The second-order valence-corrected chi connectivity index (χ2v) is 7.94. The van der Waals surface area contributed by atoms with E-state index < -0.39 is 5.60 Å². The molecule has 3 nitrogen and oxygen atoms in total. The molecule has 4 aliphatic rings. The quantitative estimate of drug-likeness (QED) is 0.745. The van der Waals surface area contributed by atoms with E-state index >= 15 is 0 Å². The first kappa shape index (κ1) is 13.0. The van der Waals surface area contributed by atoms with E-state index in [2.05, 4.69) is 19.1 Å². The van der Waals surface area contributed by atoms with Crippen molar-refractivity contribution < 1.29 is 9.84 Å². The van der Waals surface area contributed by atoms with Crippen molar-refractivity contribution in [3.05, 3.63) is 29.3 Å². The highest BCUT2D eigenvalue weighted by molar-refractivity contribution is 5.41. The summed E-state index contributed by atoms with van der Waals surface area (Å²) in [6.07, 6.45) is 5.74. The zero-order chi connectivity index (χ0) is 15.1. The SMILES string of the molecule is C[C@]12CC[C@@H]3c4ccc(O)cc4CC[C@H]3[C@@H]1C[C@H]1O[C@]12C#N. The molecule has 1 N–H and O–H groups in total. The van der Waals surface area contributed by atoms with Gasteiger partial charge in [-0.15, -0.1) is 0 Å². The predicted octanol–water partition coefficient (Wildman–Crippen LogP) is 3.52. The third-order valence-electron chi connectivity index (χ3n) is 7.31. The van der Waals surface area contributed by atoms with Crippen molar-refractivity contribution in [3.8, 4) is 11.8 Å². The lowest BCUT2D eigenvalue weighted by Crippen LogP contribution is -2.46. The van der Waals surface area contributed by atoms with Gasteiger partial charge in [-0.25, -0.2) is 0 Å². The average molecular weight is 295 g/mol. The van der Waals surface area contributed by atoms with Gasteiger partial charge < -0.3 is 9.84 Å². The van der Waals surface area contributed by atoms with Crippen molar-refractivity contribution >= 4 is 0 Å². The van der Waals surface area contributed by atoms with Crippen LogP contribution in [0.15, 0.2) is 18.2 Å². The van der Waals surface area contributed by atoms with Crippen molar-refractivity contribution in [1.82, 2.24) is 0 Å². The Kier molecular flexibility index (Phi) is 2.28. The number of benzene rings is 1. The largest absolute Gasteiger partial charge is 0.508 e. The molecule has 0 spiro atoms. The van der Waals surface area contributed by atoms with Gasteiger partial charge in [0.15, 0.2) is 5.60 Å². The monoisotopic (exact) mass is 295 g/mol. The van der Waals surface area contributed by atoms with Gasteiger partial charge in [-0.2, -0.15) is 5.26 Å². The minimum Gasteiger partial charge on any atom is -0.508 e. The summed E-state index contributed by atoms with van der Waals surface area (Å²) < 4.78 is 5.83. The van der Waals surface area contributed by atoms with Crippen LogP contribution < -0.4 is 0 Å². The summed E-state index contributed by atoms with van der Waals surface area (Å²) in [5.41, 5.74) is 2.35. The van der Waals surface area contributed by atoms with E-state index in [1.165, 1.54) is 17.5 Å². The number of phenols is 1. The minimum atomic E-state index is -0.474. The topological polar surface area (TPSA) is 56.5 Å². The number of hydrogen-bond donors (Lipinski definition) is 1. The molecule has 0 aromatic heterocycles. The number of phenolic OH excluding ortho intramolecular Hbond substituents is 1. The van der Waals surface area contributed by atoms with Gasteiger partial charge in [0.25, 0.3) is 0 Å². The van der Waals surface area contributed by atoms with Crippen LogP contribution in [-0.4, -0.2) is 16.8 Å². The third kappa shape index (κ3) is 1.32. The van der Waals surface area contributed by atoms with Gasteiger partial charge in [0, 0.05) is 5.41 Å². The maximum absolute atomic E-state index is 9.73. The highest BCUT2D eigenvalue weighted by atomic mass is 16.6. The molecule has 6 atom stereocenters. The molecule has 1 aromatic rings. The van der Waals surface area contributed by atoms with Crippen LogP contribution in [0.25, 0.3) is 0 Å². The second-order valence-electron chi connectivity index (χ2n) is 7.94. The molecular weight excluding hydrogens is 274 g/mol. The number of ether oxygens (including phenoxy) is 1. The molecule has 0 bridgehead atoms. The molecule has 2 saturated carbocycles. The first-order valence-electron chi connectivity index (χ1n) is 8.50. The van der Waals surface area contributed by atoms with Crippen molar-refractivity contribution in [2.45, 2.75) is 56.7 Å². The van der Waals surface area contributed by atoms with Gasteiger partial charge in [0.1, 0.15) is 17.9 Å². The van der Waals surface area contributed by atoms with Gasteiger partial charge in [-0.3, -0.25) is 0 Å². The normalized spacial score (nSPS) is 47.6. The van der Waals surface area contributed by atoms with Crippen LogP contribution in [0.3, 0.4) is 0 Å². The fourth-order valence-corrected chi connectivity index (χ4v) is 6.15. The van der Waals surface area contributed by atoms with Crippen LogP contribution >= 0.6 is 0 Å². The average Bonchev–Trinajstić information content (AvgIpc) is 3.18. The summed E-state index contributed by atoms with van der Waals surface area (Å²) in [4.78, 5) is 0. The zero-order valence-electron chi connectivity index (χ0n) is 12.9. The van der Waals surface area contributed by atoms with Crippen LogP contribution in [0.2, 0.25) is 0 Å². The molecule has 1 heterocycles. The number of rotatable bonds is 0. The standard InChI is InChI=1S/C19H21NO2/c1-18-7-6-14-13-5-3-12(21)8-11(13)2-4-15(14)16(18)9-17-19(18,10-20)22-17/h3,5,8,14-17,21H,2,4,6-7,9H2,1H3/t14-,15-,16+,17-,18+,19-/m1/s1. The number of nitriles is 1. The number of aromatic hydroxyl groups is 1. The van der Waals surface area contributed by atoms with Crippen molar-refractivity contribution in [1.29, 1.82) is 5.26 Å². The zero-order valence-corrected chi connectivity index (χ0v) is 12.9. The lowest BCUT2D eigenvalue weighted by Gasteiger charge is -2.50. The van der Waals surface area contributed by atoms with Crippen LogP contribution in [0.4, 0.5) is 0 Å². The van der Waals surface area contributed by atoms with Crippen LogP contribution in [0.1, 0.15) is 49.7 Å². The minimum absolute atomic E-state index is 0.0437. The Morgan fingerprint density at radius 1 is 1.36 bits per heavy atom. The first-order chi connectivity index (χ1) is 10.6.